The van der Waals surface area contributed by atoms with Gasteiger partial charge in [0.2, 0.25) is 5.69 Å². The second-order valence-electron chi connectivity index (χ2n) is 8.04. The molecule has 196 valence electrons. The van der Waals surface area contributed by atoms with E-state index in [1.54, 1.807) is 25.1 Å². The molecule has 4 aromatic heterocycles. The molecule has 5 rings (SSSR count). The van der Waals surface area contributed by atoms with Crippen LogP contribution in [0.15, 0.2) is 47.0 Å². The number of halogens is 3. The molecule has 0 atom stereocenters. The van der Waals surface area contributed by atoms with E-state index in [4.69, 9.17) is 11.5 Å². The first-order chi connectivity index (χ1) is 18.5. The monoisotopic (exact) mass is 553 g/mol. The van der Waals surface area contributed by atoms with Crippen LogP contribution in [0.3, 0.4) is 0 Å². The number of benzene rings is 1. The van der Waals surface area contributed by atoms with Crippen LogP contribution in [0.2, 0.25) is 0 Å². The molecule has 11 nitrogen and oxygen atoms in total. The van der Waals surface area contributed by atoms with Crippen LogP contribution < -0.4 is 26.0 Å². The molecule has 0 spiro atoms. The van der Waals surface area contributed by atoms with Gasteiger partial charge < -0.3 is 25.8 Å². The van der Waals surface area contributed by atoms with Crippen molar-refractivity contribution < 1.29 is 37.0 Å². The Kier molecular flexibility index (Phi) is 6.03. The number of nitrogens with zero attached hydrogens (tertiary/aromatic N) is 5. The third-order valence-corrected chi connectivity index (χ3v) is 6.61. The average Bonchev–Trinajstić information content (AvgIpc) is 3.42. The number of pyridine rings is 2. The second-order valence-corrected chi connectivity index (χ2v) is 9.04. The van der Waals surface area contributed by atoms with E-state index in [2.05, 4.69) is 24.5 Å². The van der Waals surface area contributed by atoms with Gasteiger partial charge in [-0.05, 0) is 35.9 Å². The average molecular weight is 553 g/mol. The Labute approximate surface area is 220 Å². The van der Waals surface area contributed by atoms with Crippen LogP contribution in [0, 0.1) is 18.3 Å². The molecule has 0 aliphatic heterocycles. The smallest absolute Gasteiger partial charge is 0.539 e. The Morgan fingerprint density at radius 1 is 1.18 bits per heavy atom. The van der Waals surface area contributed by atoms with Crippen LogP contribution in [0.5, 0.6) is 11.7 Å². The topological polar surface area (TPSA) is 181 Å². The maximum absolute atomic E-state index is 13.6. The van der Waals surface area contributed by atoms with Gasteiger partial charge in [-0.15, -0.1) is 24.5 Å². The molecule has 0 radical (unpaired) electrons. The van der Waals surface area contributed by atoms with E-state index in [0.29, 0.717) is 11.4 Å². The van der Waals surface area contributed by atoms with Crippen molar-refractivity contribution in [2.24, 2.45) is 0 Å². The molecule has 4 heterocycles. The second kappa shape index (κ2) is 9.26. The molecule has 0 bridgehead atoms. The zero-order chi connectivity index (χ0) is 28.1. The van der Waals surface area contributed by atoms with Crippen molar-refractivity contribution in [3.8, 4) is 34.7 Å². The molecule has 0 aliphatic rings. The number of hydrogen-bond acceptors (Lipinski definition) is 11. The molecule has 15 heteroatoms. The lowest BCUT2D eigenvalue weighted by molar-refractivity contribution is -0.672. The molecule has 39 heavy (non-hydrogen) atoms. The van der Waals surface area contributed by atoms with Crippen LogP contribution >= 0.6 is 11.3 Å². The van der Waals surface area contributed by atoms with Gasteiger partial charge in [0.15, 0.2) is 5.95 Å². The number of carbonyl (C=O) groups is 1. The summed E-state index contributed by atoms with van der Waals surface area (Å²) in [6.45, 7) is 1.76. The summed E-state index contributed by atoms with van der Waals surface area (Å²) in [4.78, 5) is 22.4. The van der Waals surface area contributed by atoms with Crippen LogP contribution in [-0.4, -0.2) is 27.4 Å². The lowest BCUT2D eigenvalue weighted by atomic mass is 10.0. The van der Waals surface area contributed by atoms with Gasteiger partial charge in [0, 0.05) is 28.8 Å². The quantitative estimate of drug-likeness (QED) is 0.242. The number of nitriles is 1. The lowest BCUT2D eigenvalue weighted by Crippen LogP contribution is -2.39. The first-order valence-corrected chi connectivity index (χ1v) is 11.7. The van der Waals surface area contributed by atoms with Crippen molar-refractivity contribution in [1.29, 1.82) is 5.26 Å². The van der Waals surface area contributed by atoms with Gasteiger partial charge in [-0.2, -0.15) is 5.26 Å². The molecule has 0 saturated heterocycles. The summed E-state index contributed by atoms with van der Waals surface area (Å²) < 4.78 is 46.8. The summed E-state index contributed by atoms with van der Waals surface area (Å²) in [6.07, 6.45) is -4.90. The highest BCUT2D eigenvalue weighted by atomic mass is 32.1. The van der Waals surface area contributed by atoms with Crippen molar-refractivity contribution in [2.75, 3.05) is 11.5 Å². The third kappa shape index (κ3) is 4.53. The fourth-order valence-electron chi connectivity index (χ4n) is 3.90. The van der Waals surface area contributed by atoms with Crippen molar-refractivity contribution in [3.05, 3.63) is 64.3 Å². The van der Waals surface area contributed by atoms with Crippen LogP contribution in [0.25, 0.3) is 27.2 Å². The molecule has 1 aromatic carbocycles. The highest BCUT2D eigenvalue weighted by Gasteiger charge is 2.34. The van der Waals surface area contributed by atoms with Gasteiger partial charge in [-0.25, -0.2) is 4.98 Å². The summed E-state index contributed by atoms with van der Waals surface area (Å²) in [5, 5.41) is 26.1. The minimum Gasteiger partial charge on any atom is -0.539 e. The number of fused-ring (bicyclic) bond motifs is 1. The molecular formula is C24H14F3N7O4S. The molecule has 0 aliphatic carbocycles. The molecule has 0 amide bonds. The van der Waals surface area contributed by atoms with E-state index < -0.39 is 29.5 Å². The number of ketones is 1. The van der Waals surface area contributed by atoms with Crippen molar-refractivity contribution >= 4 is 38.8 Å². The molecular weight excluding hydrogens is 539 g/mol. The summed E-state index contributed by atoms with van der Waals surface area (Å²) in [7, 11) is 0. The predicted molar refractivity (Wildman–Crippen MR) is 129 cm³/mol. The van der Waals surface area contributed by atoms with Crippen LogP contribution in [0.4, 0.5) is 24.7 Å². The van der Waals surface area contributed by atoms with Crippen molar-refractivity contribution in [1.82, 2.24) is 15.2 Å². The summed E-state index contributed by atoms with van der Waals surface area (Å²) in [5.74, 6) is -2.63. The molecule has 0 saturated carbocycles. The Bertz CT molecular complexity index is 1810. The van der Waals surface area contributed by atoms with Gasteiger partial charge in [-0.1, -0.05) is 6.07 Å². The Morgan fingerprint density at radius 2 is 1.90 bits per heavy atom. The van der Waals surface area contributed by atoms with Gasteiger partial charge in [0.05, 0.1) is 16.7 Å². The van der Waals surface area contributed by atoms with E-state index >= 15 is 0 Å². The van der Waals surface area contributed by atoms with E-state index in [0.717, 1.165) is 40.3 Å². The Hall–Kier alpha value is -5.23. The van der Waals surface area contributed by atoms with Gasteiger partial charge >= 0.3 is 12.1 Å². The number of alkyl halides is 3. The maximum Gasteiger partial charge on any atom is 0.573 e. The number of carbonyl (C=O) groups excluding carboxylic acids is 1. The number of ether oxygens (including phenoxy) is 1. The number of aryl methyl sites for hydroxylation is 1. The fraction of sp³-hybridized carbons (Fsp3) is 0.0833. The third-order valence-electron chi connectivity index (χ3n) is 5.51. The molecule has 4 N–H and O–H groups in total. The predicted octanol–water partition coefficient (Wildman–Crippen LogP) is 3.17. The fourth-order valence-corrected chi connectivity index (χ4v) is 4.95. The normalized spacial score (nSPS) is 11.5. The summed E-state index contributed by atoms with van der Waals surface area (Å²) >= 11 is 0.829. The largest absolute Gasteiger partial charge is 0.573 e. The minimum absolute atomic E-state index is 0.00909. The Morgan fingerprint density at radius 3 is 2.54 bits per heavy atom. The number of rotatable bonds is 5. The number of thiophene rings is 1. The zero-order valence-corrected chi connectivity index (χ0v) is 20.4. The summed E-state index contributed by atoms with van der Waals surface area (Å²) in [6, 6.07) is 11.4. The highest BCUT2D eigenvalue weighted by Crippen LogP contribution is 2.43. The number of nitrogens with two attached hydrogens (primary N) is 2. The van der Waals surface area contributed by atoms with E-state index in [-0.39, 0.29) is 43.4 Å². The summed E-state index contributed by atoms with van der Waals surface area (Å²) in [5.41, 5.74) is 13.1. The Balaban J connectivity index is 1.65. The minimum atomic E-state index is -4.90. The first-order valence-electron chi connectivity index (χ1n) is 10.8. The number of anilines is 2. The molecule has 0 fully saturated rings. The number of aromatic nitrogens is 4. The van der Waals surface area contributed by atoms with E-state index in [9.17, 15) is 28.3 Å². The van der Waals surface area contributed by atoms with E-state index in [1.807, 2.05) is 6.07 Å². The SMILES string of the molecule is Cc1cccc(-c2c(C#N)c(N)nc3sc(C(=O)c4c([O-])on[n+]4-c4ccc(OC(F)(F)F)cc4)c(N)c23)n1. The van der Waals surface area contributed by atoms with E-state index in [1.165, 1.54) is 0 Å². The van der Waals surface area contributed by atoms with Gasteiger partial charge in [-0.3, -0.25) is 9.78 Å². The number of hydrogen-bond donors (Lipinski definition) is 2. The standard InChI is InChI=1S/C24H14F3N7O4S/c1-10-3-2-4-14(31-10)15-13(9-28)21(30)32-22-16(15)17(29)20(39-22)19(35)18-23(36)38-33-34(18)11-5-7-12(8-6-11)37-24(25,26)27/h2-8H,1H3,(H4-,29,30,32,33,35,36). The van der Waals surface area contributed by atoms with Crippen LogP contribution in [0.1, 0.15) is 26.6 Å². The van der Waals surface area contributed by atoms with Crippen molar-refractivity contribution in [2.45, 2.75) is 13.3 Å². The van der Waals surface area contributed by atoms with Crippen molar-refractivity contribution in [3.63, 3.8) is 0 Å². The highest BCUT2D eigenvalue weighted by molar-refractivity contribution is 7.21. The van der Waals surface area contributed by atoms with Gasteiger partial charge in [0.25, 0.3) is 5.78 Å². The van der Waals surface area contributed by atoms with Crippen LogP contribution in [-0.2, 0) is 0 Å². The number of nitrogen functional groups attached to an aromatic ring is 2. The maximum atomic E-state index is 13.6. The lowest BCUT2D eigenvalue weighted by Gasteiger charge is -2.09. The first kappa shape index (κ1) is 25.4. The molecule has 5 aromatic rings. The van der Waals surface area contributed by atoms with Gasteiger partial charge in [0.1, 0.15) is 32.9 Å². The molecule has 0 unspecified atom stereocenters. The zero-order valence-electron chi connectivity index (χ0n) is 19.6.